The van der Waals surface area contributed by atoms with Gasteiger partial charge in [0.15, 0.2) is 0 Å². The minimum absolute atomic E-state index is 0.0820. The Bertz CT molecular complexity index is 749. The third-order valence-corrected chi connectivity index (χ3v) is 6.02. The van der Waals surface area contributed by atoms with E-state index in [0.29, 0.717) is 12.3 Å². The molecule has 0 aromatic carbocycles. The van der Waals surface area contributed by atoms with E-state index in [1.165, 1.54) is 96.9 Å². The van der Waals surface area contributed by atoms with Crippen molar-refractivity contribution < 1.29 is 5.11 Å². The van der Waals surface area contributed by atoms with Crippen molar-refractivity contribution in [3.8, 4) is 5.88 Å². The molecular formula is C25H45N3O3. The number of rotatable bonds is 18. The van der Waals surface area contributed by atoms with Crippen LogP contribution in [0.4, 0.5) is 0 Å². The van der Waals surface area contributed by atoms with E-state index in [1.807, 2.05) is 0 Å². The van der Waals surface area contributed by atoms with Gasteiger partial charge in [0, 0.05) is 19.3 Å². The summed E-state index contributed by atoms with van der Waals surface area (Å²) in [6.45, 7) is 4.60. The summed E-state index contributed by atoms with van der Waals surface area (Å²) in [6.07, 6.45) is 21.3. The number of aromatic nitrogens is 2. The van der Waals surface area contributed by atoms with E-state index >= 15 is 0 Å². The van der Waals surface area contributed by atoms with Crippen LogP contribution in [0, 0.1) is 0 Å². The second kappa shape index (κ2) is 16.8. The third kappa shape index (κ3) is 11.4. The molecule has 0 unspecified atom stereocenters. The lowest BCUT2D eigenvalue weighted by Crippen LogP contribution is -2.32. The Balaban J connectivity index is 2.02. The largest absolute Gasteiger partial charge is 0.494 e. The van der Waals surface area contributed by atoms with Gasteiger partial charge in [-0.15, -0.1) is 0 Å². The Labute approximate surface area is 188 Å². The number of hydrogen-bond acceptors (Lipinski definition) is 4. The van der Waals surface area contributed by atoms with Gasteiger partial charge in [-0.05, 0) is 13.3 Å². The molecule has 0 amide bonds. The zero-order valence-corrected chi connectivity index (χ0v) is 20.2. The average Bonchev–Trinajstić information content (AvgIpc) is 2.74. The lowest BCUT2D eigenvalue weighted by molar-refractivity contribution is 0.416. The first-order valence-electron chi connectivity index (χ1n) is 12.5. The van der Waals surface area contributed by atoms with Gasteiger partial charge < -0.3 is 5.11 Å². The zero-order chi connectivity index (χ0) is 22.9. The van der Waals surface area contributed by atoms with Gasteiger partial charge in [0.25, 0.3) is 5.56 Å². The minimum Gasteiger partial charge on any atom is -0.494 e. The van der Waals surface area contributed by atoms with Crippen LogP contribution >= 0.6 is 0 Å². The standard InChI is InChI=1S/C25H45N3O3/c1-4-5-6-7-8-9-10-11-12-13-14-15-16-17-18-19-20-26-21(2)22-23(29)27-25(31)28(3)24(22)30/h30H,4-20H2,1-3H3,(H,27,29,31). The molecule has 0 saturated heterocycles. The maximum atomic E-state index is 11.9. The Morgan fingerprint density at radius 1 is 0.806 bits per heavy atom. The number of hydrogen-bond donors (Lipinski definition) is 2. The highest BCUT2D eigenvalue weighted by Gasteiger charge is 2.14. The molecule has 0 radical (unpaired) electrons. The molecule has 0 spiro atoms. The van der Waals surface area contributed by atoms with Crippen molar-refractivity contribution in [2.45, 2.75) is 117 Å². The van der Waals surface area contributed by atoms with Gasteiger partial charge in [-0.2, -0.15) is 0 Å². The summed E-state index contributed by atoms with van der Waals surface area (Å²) in [5, 5.41) is 10.0. The quantitative estimate of drug-likeness (QED) is 0.224. The molecule has 1 aromatic heterocycles. The number of H-pyrrole nitrogens is 1. The van der Waals surface area contributed by atoms with Gasteiger partial charge in [0.05, 0.1) is 0 Å². The van der Waals surface area contributed by atoms with Crippen molar-refractivity contribution >= 4 is 5.71 Å². The summed E-state index contributed by atoms with van der Waals surface area (Å²) >= 11 is 0. The zero-order valence-electron chi connectivity index (χ0n) is 20.2. The lowest BCUT2D eigenvalue weighted by atomic mass is 10.0. The van der Waals surface area contributed by atoms with Crippen molar-refractivity contribution in [3.63, 3.8) is 0 Å². The van der Waals surface area contributed by atoms with Crippen LogP contribution in [0.5, 0.6) is 5.88 Å². The number of aromatic hydroxyl groups is 1. The molecule has 0 aliphatic rings. The molecule has 0 bridgehead atoms. The van der Waals surface area contributed by atoms with Crippen LogP contribution in [0.1, 0.15) is 122 Å². The summed E-state index contributed by atoms with van der Waals surface area (Å²) in [4.78, 5) is 30.0. The van der Waals surface area contributed by atoms with Crippen LogP contribution in [0.3, 0.4) is 0 Å². The molecule has 31 heavy (non-hydrogen) atoms. The predicted octanol–water partition coefficient (Wildman–Crippen LogP) is 5.85. The molecule has 2 N–H and O–H groups in total. The van der Waals surface area contributed by atoms with Crippen LogP contribution in [-0.4, -0.2) is 26.9 Å². The van der Waals surface area contributed by atoms with Crippen LogP contribution in [0.25, 0.3) is 0 Å². The van der Waals surface area contributed by atoms with Crippen LogP contribution in [-0.2, 0) is 7.05 Å². The van der Waals surface area contributed by atoms with Gasteiger partial charge >= 0.3 is 5.69 Å². The SMILES string of the molecule is CCCCCCCCCCCCCCCCCCN=C(C)c1c(O)n(C)c(=O)[nH]c1=O. The van der Waals surface area contributed by atoms with Crippen molar-refractivity contribution in [1.82, 2.24) is 9.55 Å². The van der Waals surface area contributed by atoms with E-state index in [-0.39, 0.29) is 11.4 Å². The Hall–Kier alpha value is -1.85. The first-order valence-corrected chi connectivity index (χ1v) is 12.5. The summed E-state index contributed by atoms with van der Waals surface area (Å²) in [6, 6.07) is 0. The van der Waals surface area contributed by atoms with Gasteiger partial charge in [0.2, 0.25) is 5.88 Å². The molecule has 1 heterocycles. The summed E-state index contributed by atoms with van der Waals surface area (Å²) in [5.41, 5.74) is -0.667. The van der Waals surface area contributed by atoms with E-state index in [2.05, 4.69) is 16.9 Å². The maximum Gasteiger partial charge on any atom is 0.330 e. The van der Waals surface area contributed by atoms with Crippen LogP contribution < -0.4 is 11.2 Å². The fraction of sp³-hybridized carbons (Fsp3) is 0.800. The first-order chi connectivity index (χ1) is 15.0. The first kappa shape index (κ1) is 27.2. The minimum atomic E-state index is -0.628. The Morgan fingerprint density at radius 2 is 1.23 bits per heavy atom. The fourth-order valence-corrected chi connectivity index (χ4v) is 3.92. The summed E-state index contributed by atoms with van der Waals surface area (Å²) in [7, 11) is 1.42. The number of aliphatic imine (C=N–C) groups is 1. The molecule has 1 rings (SSSR count). The van der Waals surface area contributed by atoms with Gasteiger partial charge in [-0.3, -0.25) is 19.3 Å². The topological polar surface area (TPSA) is 87.4 Å². The van der Waals surface area contributed by atoms with E-state index in [1.54, 1.807) is 6.92 Å². The number of nitrogens with zero attached hydrogens (tertiary/aromatic N) is 2. The fourth-order valence-electron chi connectivity index (χ4n) is 3.92. The normalized spacial score (nSPS) is 11.9. The van der Waals surface area contributed by atoms with E-state index in [9.17, 15) is 14.7 Å². The average molecular weight is 436 g/mol. The van der Waals surface area contributed by atoms with Crippen molar-refractivity contribution in [3.05, 3.63) is 26.4 Å². The molecule has 178 valence electrons. The third-order valence-electron chi connectivity index (χ3n) is 6.02. The van der Waals surface area contributed by atoms with E-state index in [4.69, 9.17) is 0 Å². The van der Waals surface area contributed by atoms with Crippen molar-refractivity contribution in [1.29, 1.82) is 0 Å². The second-order valence-corrected chi connectivity index (χ2v) is 8.79. The Morgan fingerprint density at radius 3 is 1.68 bits per heavy atom. The highest BCUT2D eigenvalue weighted by atomic mass is 16.3. The lowest BCUT2D eigenvalue weighted by Gasteiger charge is -2.07. The number of nitrogens with one attached hydrogen (secondary N) is 1. The molecule has 0 aliphatic heterocycles. The predicted molar refractivity (Wildman–Crippen MR) is 131 cm³/mol. The molecule has 6 heteroatoms. The molecular weight excluding hydrogens is 390 g/mol. The molecule has 1 aromatic rings. The van der Waals surface area contributed by atoms with Crippen molar-refractivity contribution in [2.75, 3.05) is 6.54 Å². The molecule has 0 atom stereocenters. The highest BCUT2D eigenvalue weighted by molar-refractivity contribution is 6.00. The number of aromatic amines is 1. The van der Waals surface area contributed by atoms with Gasteiger partial charge in [-0.25, -0.2) is 4.79 Å². The van der Waals surface area contributed by atoms with Gasteiger partial charge in [-0.1, -0.05) is 103 Å². The number of unbranched alkanes of at least 4 members (excludes halogenated alkanes) is 15. The maximum absolute atomic E-state index is 11.9. The smallest absolute Gasteiger partial charge is 0.330 e. The van der Waals surface area contributed by atoms with E-state index in [0.717, 1.165) is 17.4 Å². The highest BCUT2D eigenvalue weighted by Crippen LogP contribution is 2.14. The monoisotopic (exact) mass is 435 g/mol. The van der Waals surface area contributed by atoms with Crippen molar-refractivity contribution in [2.24, 2.45) is 12.0 Å². The second-order valence-electron chi connectivity index (χ2n) is 8.79. The molecule has 0 aliphatic carbocycles. The van der Waals surface area contributed by atoms with Crippen LogP contribution in [0.15, 0.2) is 14.6 Å². The Kier molecular flexibility index (Phi) is 14.7. The van der Waals surface area contributed by atoms with E-state index < -0.39 is 11.2 Å². The molecule has 6 nitrogen and oxygen atoms in total. The van der Waals surface area contributed by atoms with Crippen LogP contribution in [0.2, 0.25) is 0 Å². The molecule has 0 saturated carbocycles. The van der Waals surface area contributed by atoms with Gasteiger partial charge in [0.1, 0.15) is 5.56 Å². The summed E-state index contributed by atoms with van der Waals surface area (Å²) < 4.78 is 1.02. The summed E-state index contributed by atoms with van der Waals surface area (Å²) in [5.74, 6) is -0.332. The molecule has 0 fully saturated rings.